The van der Waals surface area contributed by atoms with Gasteiger partial charge in [-0.3, -0.25) is 14.9 Å². The van der Waals surface area contributed by atoms with E-state index in [1.807, 2.05) is 10.8 Å². The summed E-state index contributed by atoms with van der Waals surface area (Å²) >= 11 is 0. The quantitative estimate of drug-likeness (QED) is 0.622. The lowest BCUT2D eigenvalue weighted by atomic mass is 9.98. The van der Waals surface area contributed by atoms with Crippen molar-refractivity contribution < 1.29 is 23.2 Å². The SMILES string of the molecule is O=C1c2ncc3c(c(CN4CCCC(F)(F)C4)cn3Cc3ccc(F)cc3)c2CCN1O. The Morgan fingerprint density at radius 2 is 1.91 bits per heavy atom. The van der Waals surface area contributed by atoms with Crippen molar-refractivity contribution in [2.45, 2.75) is 38.3 Å². The number of halogens is 3. The van der Waals surface area contributed by atoms with Gasteiger partial charge in [-0.1, -0.05) is 12.1 Å². The molecule has 0 bridgehead atoms. The van der Waals surface area contributed by atoms with Crippen LogP contribution in [0.25, 0.3) is 10.9 Å². The van der Waals surface area contributed by atoms with Crippen molar-refractivity contribution in [3.05, 3.63) is 64.9 Å². The Balaban J connectivity index is 1.58. The highest BCUT2D eigenvalue weighted by atomic mass is 19.3. The number of benzene rings is 1. The molecule has 6 nitrogen and oxygen atoms in total. The van der Waals surface area contributed by atoms with Crippen LogP contribution in [0.15, 0.2) is 36.7 Å². The highest BCUT2D eigenvalue weighted by molar-refractivity contribution is 6.00. The molecule has 1 N–H and O–H groups in total. The van der Waals surface area contributed by atoms with Crippen molar-refractivity contribution in [2.24, 2.45) is 0 Å². The maximum absolute atomic E-state index is 14.0. The molecule has 2 aromatic heterocycles. The van der Waals surface area contributed by atoms with E-state index in [9.17, 15) is 23.2 Å². The Labute approximate surface area is 182 Å². The van der Waals surface area contributed by atoms with Gasteiger partial charge in [-0.05, 0) is 48.2 Å². The third-order valence-electron chi connectivity index (χ3n) is 6.24. The van der Waals surface area contributed by atoms with Gasteiger partial charge in [0.2, 0.25) is 0 Å². The summed E-state index contributed by atoms with van der Waals surface area (Å²) in [5.41, 5.74) is 3.43. The van der Waals surface area contributed by atoms with E-state index in [1.165, 1.54) is 12.1 Å². The minimum absolute atomic E-state index is 0.101. The topological polar surface area (TPSA) is 61.6 Å². The number of alkyl halides is 2. The van der Waals surface area contributed by atoms with Gasteiger partial charge in [0.1, 0.15) is 11.5 Å². The van der Waals surface area contributed by atoms with Crippen LogP contribution in [-0.4, -0.2) is 56.2 Å². The monoisotopic (exact) mass is 444 g/mol. The average Bonchev–Trinajstić information content (AvgIpc) is 3.09. The lowest BCUT2D eigenvalue weighted by Gasteiger charge is -2.32. The number of aromatic nitrogens is 2. The van der Waals surface area contributed by atoms with E-state index in [1.54, 1.807) is 23.2 Å². The van der Waals surface area contributed by atoms with E-state index in [4.69, 9.17) is 0 Å². The molecule has 3 aromatic rings. The molecular formula is C23H23F3N4O2. The summed E-state index contributed by atoms with van der Waals surface area (Å²) < 4.78 is 43.3. The van der Waals surface area contributed by atoms with Crippen LogP contribution in [0.3, 0.4) is 0 Å². The van der Waals surface area contributed by atoms with Crippen molar-refractivity contribution >= 4 is 16.8 Å². The zero-order chi connectivity index (χ0) is 22.5. The Kier molecular flexibility index (Phi) is 5.17. The first-order valence-corrected chi connectivity index (χ1v) is 10.7. The van der Waals surface area contributed by atoms with Crippen molar-refractivity contribution in [3.63, 3.8) is 0 Å². The fourth-order valence-corrected chi connectivity index (χ4v) is 4.77. The number of pyridine rings is 1. The zero-order valence-electron chi connectivity index (χ0n) is 17.4. The first kappa shape index (κ1) is 21.0. The standard InChI is InChI=1S/C23H23F3N4O2/c24-17-4-2-15(3-5-17)11-29-13-16(12-28-8-1-7-23(25,26)14-28)20-18-6-9-30(32)22(31)21(18)27-10-19(20)29/h2-5,10,13,32H,1,6-9,11-12,14H2. The number of nitrogens with zero attached hydrogens (tertiary/aromatic N) is 4. The molecule has 168 valence electrons. The van der Waals surface area contributed by atoms with E-state index in [0.29, 0.717) is 37.5 Å². The van der Waals surface area contributed by atoms with Crippen LogP contribution in [0.4, 0.5) is 13.2 Å². The normalized spacial score (nSPS) is 18.9. The number of carbonyl (C=O) groups excluding carboxylic acids is 1. The molecule has 0 spiro atoms. The maximum Gasteiger partial charge on any atom is 0.296 e. The van der Waals surface area contributed by atoms with Gasteiger partial charge < -0.3 is 4.57 Å². The van der Waals surface area contributed by atoms with Crippen molar-refractivity contribution in [3.8, 4) is 0 Å². The summed E-state index contributed by atoms with van der Waals surface area (Å²) in [5.74, 6) is -3.59. The minimum atomic E-state index is -2.71. The number of carbonyl (C=O) groups is 1. The van der Waals surface area contributed by atoms with Crippen LogP contribution < -0.4 is 0 Å². The number of hydrogen-bond acceptors (Lipinski definition) is 4. The summed E-state index contributed by atoms with van der Waals surface area (Å²) in [5, 5.41) is 11.3. The third-order valence-corrected chi connectivity index (χ3v) is 6.24. The molecule has 2 aliphatic rings. The van der Waals surface area contributed by atoms with Crippen molar-refractivity contribution in [1.82, 2.24) is 19.5 Å². The number of rotatable bonds is 4. The van der Waals surface area contributed by atoms with Crippen molar-refractivity contribution in [1.29, 1.82) is 0 Å². The Morgan fingerprint density at radius 1 is 1.12 bits per heavy atom. The lowest BCUT2D eigenvalue weighted by molar-refractivity contribution is -0.0660. The number of hydroxylamine groups is 2. The molecule has 1 fully saturated rings. The van der Waals surface area contributed by atoms with Gasteiger partial charge >= 0.3 is 0 Å². The maximum atomic E-state index is 14.0. The summed E-state index contributed by atoms with van der Waals surface area (Å²) in [4.78, 5) is 18.5. The summed E-state index contributed by atoms with van der Waals surface area (Å²) in [7, 11) is 0. The molecule has 1 amide bonds. The van der Waals surface area contributed by atoms with Gasteiger partial charge in [0.15, 0.2) is 0 Å². The second-order valence-electron chi connectivity index (χ2n) is 8.60. The van der Waals surface area contributed by atoms with E-state index in [-0.39, 0.29) is 31.0 Å². The van der Waals surface area contributed by atoms with E-state index >= 15 is 0 Å². The van der Waals surface area contributed by atoms with E-state index in [2.05, 4.69) is 4.98 Å². The minimum Gasteiger partial charge on any atom is -0.341 e. The Morgan fingerprint density at radius 3 is 2.66 bits per heavy atom. The first-order valence-electron chi connectivity index (χ1n) is 10.7. The predicted octanol–water partition coefficient (Wildman–Crippen LogP) is 3.84. The number of likely N-dealkylation sites (tertiary alicyclic amines) is 1. The van der Waals surface area contributed by atoms with Gasteiger partial charge in [0.25, 0.3) is 11.8 Å². The van der Waals surface area contributed by atoms with Gasteiger partial charge in [-0.2, -0.15) is 0 Å². The first-order chi connectivity index (χ1) is 15.3. The Bertz CT molecular complexity index is 1180. The molecule has 2 aliphatic heterocycles. The predicted molar refractivity (Wildman–Crippen MR) is 111 cm³/mol. The van der Waals surface area contributed by atoms with Crippen LogP contribution in [0.5, 0.6) is 0 Å². The number of hydrogen-bond donors (Lipinski definition) is 1. The molecule has 0 radical (unpaired) electrons. The van der Waals surface area contributed by atoms with Gasteiger partial charge in [0, 0.05) is 31.1 Å². The molecule has 9 heteroatoms. The van der Waals surface area contributed by atoms with Crippen LogP contribution in [0.2, 0.25) is 0 Å². The van der Waals surface area contributed by atoms with Gasteiger partial charge in [0.05, 0.1) is 24.8 Å². The van der Waals surface area contributed by atoms with Crippen molar-refractivity contribution in [2.75, 3.05) is 19.6 Å². The lowest BCUT2D eigenvalue weighted by Crippen LogP contribution is -2.42. The molecule has 0 unspecified atom stereocenters. The highest BCUT2D eigenvalue weighted by Crippen LogP contribution is 2.33. The largest absolute Gasteiger partial charge is 0.341 e. The summed E-state index contributed by atoms with van der Waals surface area (Å²) in [6, 6.07) is 6.19. The molecule has 4 heterocycles. The summed E-state index contributed by atoms with van der Waals surface area (Å²) in [6.07, 6.45) is 4.25. The van der Waals surface area contributed by atoms with Crippen LogP contribution in [0, 0.1) is 5.82 Å². The second kappa shape index (κ2) is 7.90. The number of amides is 1. The fraction of sp³-hybridized carbons (Fsp3) is 0.391. The molecule has 1 saturated heterocycles. The van der Waals surface area contributed by atoms with Crippen LogP contribution in [-0.2, 0) is 19.5 Å². The number of fused-ring (bicyclic) bond motifs is 3. The second-order valence-corrected chi connectivity index (χ2v) is 8.60. The molecule has 0 aliphatic carbocycles. The Hall–Kier alpha value is -2.91. The average molecular weight is 444 g/mol. The van der Waals surface area contributed by atoms with Gasteiger partial charge in [-0.15, -0.1) is 0 Å². The third kappa shape index (κ3) is 3.86. The molecule has 1 aromatic carbocycles. The van der Waals surface area contributed by atoms with E-state index in [0.717, 1.165) is 27.6 Å². The summed E-state index contributed by atoms with van der Waals surface area (Å²) in [6.45, 7) is 1.21. The van der Waals surface area contributed by atoms with Crippen LogP contribution in [0.1, 0.15) is 40.0 Å². The molecule has 0 saturated carbocycles. The molecule has 0 atom stereocenters. The number of piperidine rings is 1. The van der Waals surface area contributed by atoms with Gasteiger partial charge in [-0.25, -0.2) is 23.2 Å². The molecule has 32 heavy (non-hydrogen) atoms. The fourth-order valence-electron chi connectivity index (χ4n) is 4.77. The van der Waals surface area contributed by atoms with Crippen LogP contribution >= 0.6 is 0 Å². The molecular weight excluding hydrogens is 421 g/mol. The smallest absolute Gasteiger partial charge is 0.296 e. The zero-order valence-corrected chi connectivity index (χ0v) is 17.4. The molecule has 5 rings (SSSR count). The highest BCUT2D eigenvalue weighted by Gasteiger charge is 2.36. The van der Waals surface area contributed by atoms with E-state index < -0.39 is 11.8 Å².